The number of hydrogen-bond acceptors (Lipinski definition) is 3. The molecule has 0 bridgehead atoms. The fraction of sp³-hybridized carbons (Fsp3) is 0.364. The zero-order valence-corrected chi connectivity index (χ0v) is 9.02. The van der Waals surface area contributed by atoms with E-state index in [-0.39, 0.29) is 0 Å². The van der Waals surface area contributed by atoms with Crippen LogP contribution in [0.5, 0.6) is 11.5 Å². The maximum atomic E-state index is 5.36. The molecule has 3 nitrogen and oxygen atoms in total. The van der Waals surface area contributed by atoms with Crippen molar-refractivity contribution in [2.75, 3.05) is 13.3 Å². The molecule has 2 aliphatic rings. The number of thiocarbonyl (C=S) groups is 1. The van der Waals surface area contributed by atoms with Gasteiger partial charge in [-0.25, -0.2) is 0 Å². The molecule has 4 heteroatoms. The van der Waals surface area contributed by atoms with E-state index in [0.29, 0.717) is 6.79 Å². The minimum atomic E-state index is 0.334. The molecule has 0 spiro atoms. The Kier molecular flexibility index (Phi) is 2.02. The van der Waals surface area contributed by atoms with E-state index in [4.69, 9.17) is 21.7 Å². The van der Waals surface area contributed by atoms with E-state index in [1.807, 2.05) is 0 Å². The molecule has 15 heavy (non-hydrogen) atoms. The highest BCUT2D eigenvalue weighted by Crippen LogP contribution is 2.35. The second kappa shape index (κ2) is 3.38. The van der Waals surface area contributed by atoms with E-state index < -0.39 is 0 Å². The van der Waals surface area contributed by atoms with Crippen molar-refractivity contribution in [1.82, 2.24) is 5.32 Å². The average molecular weight is 221 g/mol. The van der Waals surface area contributed by atoms with Gasteiger partial charge in [-0.1, -0.05) is 12.2 Å². The molecule has 0 unspecified atom stereocenters. The van der Waals surface area contributed by atoms with Gasteiger partial charge in [-0.3, -0.25) is 0 Å². The molecule has 1 N–H and O–H groups in total. The quantitative estimate of drug-likeness (QED) is 0.671. The number of rotatable bonds is 0. The van der Waals surface area contributed by atoms with Gasteiger partial charge in [-0.2, -0.15) is 0 Å². The molecule has 0 atom stereocenters. The topological polar surface area (TPSA) is 30.5 Å². The Morgan fingerprint density at radius 1 is 1.13 bits per heavy atom. The second-order valence-electron chi connectivity index (χ2n) is 3.75. The summed E-state index contributed by atoms with van der Waals surface area (Å²) in [5.41, 5.74) is 2.57. The number of hydrogen-bond donors (Lipinski definition) is 1. The highest BCUT2D eigenvalue weighted by atomic mass is 32.1. The van der Waals surface area contributed by atoms with Crippen LogP contribution < -0.4 is 14.8 Å². The normalized spacial score (nSPS) is 18.0. The van der Waals surface area contributed by atoms with Crippen LogP contribution >= 0.6 is 12.2 Å². The van der Waals surface area contributed by atoms with E-state index in [1.165, 1.54) is 11.1 Å². The van der Waals surface area contributed by atoms with Gasteiger partial charge in [0.15, 0.2) is 11.5 Å². The predicted molar refractivity (Wildman–Crippen MR) is 60.6 cm³/mol. The standard InChI is InChI=1S/C11H11NO2S/c15-11-5-8-4-10-9(13-6-14-10)3-7(8)1-2-12-11/h3-4H,1-2,5-6H2,(H,12,15). The van der Waals surface area contributed by atoms with Crippen molar-refractivity contribution in [3.05, 3.63) is 23.3 Å². The first kappa shape index (κ1) is 8.97. The molecule has 0 fully saturated rings. The Balaban J connectivity index is 2.07. The van der Waals surface area contributed by atoms with E-state index in [1.54, 1.807) is 0 Å². The highest BCUT2D eigenvalue weighted by molar-refractivity contribution is 7.80. The van der Waals surface area contributed by atoms with Crippen LogP contribution in [-0.4, -0.2) is 18.3 Å². The third-order valence-electron chi connectivity index (χ3n) is 2.76. The Morgan fingerprint density at radius 2 is 1.87 bits per heavy atom. The Hall–Kier alpha value is -1.29. The van der Waals surface area contributed by atoms with Crippen LogP contribution in [0.15, 0.2) is 12.1 Å². The van der Waals surface area contributed by atoms with Crippen molar-refractivity contribution in [2.45, 2.75) is 12.8 Å². The van der Waals surface area contributed by atoms with Gasteiger partial charge >= 0.3 is 0 Å². The highest BCUT2D eigenvalue weighted by Gasteiger charge is 2.19. The van der Waals surface area contributed by atoms with Gasteiger partial charge < -0.3 is 14.8 Å². The lowest BCUT2D eigenvalue weighted by Gasteiger charge is -2.06. The minimum Gasteiger partial charge on any atom is -0.454 e. The molecule has 2 heterocycles. The summed E-state index contributed by atoms with van der Waals surface area (Å²) in [4.78, 5) is 0.910. The predicted octanol–water partition coefficient (Wildman–Crippen LogP) is 1.43. The lowest BCUT2D eigenvalue weighted by molar-refractivity contribution is 0.174. The molecule has 0 saturated carbocycles. The van der Waals surface area contributed by atoms with Gasteiger partial charge in [0, 0.05) is 13.0 Å². The van der Waals surface area contributed by atoms with E-state index in [0.717, 1.165) is 35.9 Å². The molecule has 0 saturated heterocycles. The van der Waals surface area contributed by atoms with Crippen LogP contribution in [0.1, 0.15) is 11.1 Å². The molecular formula is C11H11NO2S. The van der Waals surface area contributed by atoms with Gasteiger partial charge in [0.05, 0.1) is 4.99 Å². The average Bonchev–Trinajstić information content (AvgIpc) is 2.57. The van der Waals surface area contributed by atoms with Gasteiger partial charge in [-0.05, 0) is 29.7 Å². The molecule has 1 aromatic rings. The minimum absolute atomic E-state index is 0.334. The van der Waals surface area contributed by atoms with Crippen LogP contribution in [0.3, 0.4) is 0 Å². The SMILES string of the molecule is S=C1Cc2cc3c(cc2CCN1)OCO3. The summed E-state index contributed by atoms with van der Waals surface area (Å²) in [7, 11) is 0. The van der Waals surface area contributed by atoms with E-state index in [9.17, 15) is 0 Å². The van der Waals surface area contributed by atoms with Crippen LogP contribution in [0.2, 0.25) is 0 Å². The molecule has 0 amide bonds. The van der Waals surface area contributed by atoms with Crippen LogP contribution in [-0.2, 0) is 12.8 Å². The number of ether oxygens (including phenoxy) is 2. The summed E-state index contributed by atoms with van der Waals surface area (Å²) in [6, 6.07) is 4.13. The molecule has 1 aromatic carbocycles. The van der Waals surface area contributed by atoms with Crippen molar-refractivity contribution in [3.63, 3.8) is 0 Å². The summed E-state index contributed by atoms with van der Waals surface area (Å²) in [5.74, 6) is 1.71. The van der Waals surface area contributed by atoms with Crippen molar-refractivity contribution in [1.29, 1.82) is 0 Å². The summed E-state index contributed by atoms with van der Waals surface area (Å²) in [6.07, 6.45) is 1.80. The first-order valence-corrected chi connectivity index (χ1v) is 5.42. The fourth-order valence-electron chi connectivity index (χ4n) is 2.00. The summed E-state index contributed by atoms with van der Waals surface area (Å²) >= 11 is 5.21. The van der Waals surface area contributed by atoms with Crippen molar-refractivity contribution in [2.24, 2.45) is 0 Å². The van der Waals surface area contributed by atoms with Gasteiger partial charge in [0.1, 0.15) is 0 Å². The smallest absolute Gasteiger partial charge is 0.231 e. The molecule has 0 aliphatic carbocycles. The third kappa shape index (κ3) is 1.55. The van der Waals surface area contributed by atoms with Crippen molar-refractivity contribution < 1.29 is 9.47 Å². The number of benzene rings is 1. The number of fused-ring (bicyclic) bond motifs is 2. The monoisotopic (exact) mass is 221 g/mol. The lowest BCUT2D eigenvalue weighted by atomic mass is 10.0. The maximum absolute atomic E-state index is 5.36. The molecule has 78 valence electrons. The largest absolute Gasteiger partial charge is 0.454 e. The molecular weight excluding hydrogens is 210 g/mol. The summed E-state index contributed by atoms with van der Waals surface area (Å²) in [6.45, 7) is 1.24. The van der Waals surface area contributed by atoms with Crippen molar-refractivity contribution >= 4 is 17.2 Å². The number of nitrogens with one attached hydrogen (secondary N) is 1. The zero-order valence-electron chi connectivity index (χ0n) is 8.21. The molecule has 3 rings (SSSR count). The van der Waals surface area contributed by atoms with Crippen LogP contribution in [0.4, 0.5) is 0 Å². The van der Waals surface area contributed by atoms with Crippen molar-refractivity contribution in [3.8, 4) is 11.5 Å². The summed E-state index contributed by atoms with van der Waals surface area (Å²) in [5, 5.41) is 3.22. The lowest BCUT2D eigenvalue weighted by Crippen LogP contribution is -2.22. The molecule has 0 radical (unpaired) electrons. The first-order chi connectivity index (χ1) is 7.33. The Labute approximate surface area is 93.4 Å². The van der Waals surface area contributed by atoms with Gasteiger partial charge in [-0.15, -0.1) is 0 Å². The maximum Gasteiger partial charge on any atom is 0.231 e. The van der Waals surface area contributed by atoms with Gasteiger partial charge in [0.25, 0.3) is 0 Å². The molecule has 0 aromatic heterocycles. The van der Waals surface area contributed by atoms with Crippen LogP contribution in [0, 0.1) is 0 Å². The second-order valence-corrected chi connectivity index (χ2v) is 4.24. The molecule has 2 aliphatic heterocycles. The summed E-state index contributed by atoms with van der Waals surface area (Å²) < 4.78 is 10.7. The Morgan fingerprint density at radius 3 is 2.67 bits per heavy atom. The first-order valence-electron chi connectivity index (χ1n) is 5.01. The van der Waals surface area contributed by atoms with E-state index in [2.05, 4.69) is 17.4 Å². The Bertz CT molecular complexity index is 431. The van der Waals surface area contributed by atoms with Gasteiger partial charge in [0.2, 0.25) is 6.79 Å². The third-order valence-corrected chi connectivity index (χ3v) is 3.05. The zero-order chi connectivity index (χ0) is 10.3. The fourth-order valence-corrected chi connectivity index (χ4v) is 2.25. The van der Waals surface area contributed by atoms with Crippen LogP contribution in [0.25, 0.3) is 0 Å². The van der Waals surface area contributed by atoms with E-state index >= 15 is 0 Å².